The highest BCUT2D eigenvalue weighted by Crippen LogP contribution is 2.40. The zero-order chi connectivity index (χ0) is 38.7. The van der Waals surface area contributed by atoms with E-state index in [9.17, 15) is 0 Å². The average molecular weight is 749 g/mol. The fraction of sp³-hybridized carbons (Fsp3) is 0.0741. The number of aromatic nitrogens is 1. The topological polar surface area (TPSA) is 25.5 Å². The summed E-state index contributed by atoms with van der Waals surface area (Å²) < 4.78 is 0. The van der Waals surface area contributed by atoms with Crippen molar-refractivity contribution in [3.8, 4) is 11.1 Å². The molecule has 8 aromatic rings. The van der Waals surface area contributed by atoms with Crippen LogP contribution in [-0.2, 0) is 0 Å². The molecule has 58 heavy (non-hydrogen) atoms. The third-order valence-electron chi connectivity index (χ3n) is 11.3. The molecule has 1 N–H and O–H groups in total. The van der Waals surface area contributed by atoms with Crippen molar-refractivity contribution in [2.45, 2.75) is 25.3 Å². The summed E-state index contributed by atoms with van der Waals surface area (Å²) in [7, 11) is 0. The first-order valence-electron chi connectivity index (χ1n) is 20.3. The first-order chi connectivity index (χ1) is 28.8. The zero-order valence-corrected chi connectivity index (χ0v) is 32.3. The summed E-state index contributed by atoms with van der Waals surface area (Å²) >= 11 is 0. The minimum absolute atomic E-state index is 0.190. The molecular weight excluding hydrogens is 705 g/mol. The Labute approximate surface area is 340 Å². The number of para-hydroxylation sites is 3. The highest BCUT2D eigenvalue weighted by Gasteiger charge is 2.22. The van der Waals surface area contributed by atoms with Crippen molar-refractivity contribution in [3.05, 3.63) is 224 Å². The molecule has 10 rings (SSSR count). The number of fused-ring (bicyclic) bond motifs is 3. The lowest BCUT2D eigenvalue weighted by molar-refractivity contribution is 0.785. The second-order valence-corrected chi connectivity index (χ2v) is 15.0. The van der Waals surface area contributed by atoms with Crippen molar-refractivity contribution in [1.29, 1.82) is 0 Å². The number of allylic oxidation sites excluding steroid dienone is 5. The third kappa shape index (κ3) is 6.90. The lowest BCUT2D eigenvalue weighted by Crippen LogP contribution is -2.29. The summed E-state index contributed by atoms with van der Waals surface area (Å²) in [4.78, 5) is 10.9. The largest absolute Gasteiger partial charge is 0.354 e. The molecule has 0 radical (unpaired) electrons. The second kappa shape index (κ2) is 15.7. The lowest BCUT2D eigenvalue weighted by Gasteiger charge is -2.33. The van der Waals surface area contributed by atoms with Crippen LogP contribution < -0.4 is 14.7 Å². The van der Waals surface area contributed by atoms with Gasteiger partial charge in [0.25, 0.3) is 0 Å². The van der Waals surface area contributed by atoms with E-state index < -0.39 is 0 Å². The van der Waals surface area contributed by atoms with E-state index in [0.29, 0.717) is 0 Å². The van der Waals surface area contributed by atoms with Gasteiger partial charge in [0.1, 0.15) is 0 Å². The second-order valence-electron chi connectivity index (χ2n) is 15.0. The van der Waals surface area contributed by atoms with Crippen molar-refractivity contribution in [1.82, 2.24) is 4.98 Å². The van der Waals surface area contributed by atoms with Crippen LogP contribution in [0.25, 0.3) is 32.9 Å². The molecule has 1 unspecified atom stereocenters. The van der Waals surface area contributed by atoms with Crippen molar-refractivity contribution < 1.29 is 0 Å². The van der Waals surface area contributed by atoms with Gasteiger partial charge in [-0.25, -0.2) is 0 Å². The zero-order valence-electron chi connectivity index (χ0n) is 32.3. The lowest BCUT2D eigenvalue weighted by atomic mass is 10.0. The van der Waals surface area contributed by atoms with Gasteiger partial charge in [0, 0.05) is 67.3 Å². The molecule has 2 aliphatic carbocycles. The summed E-state index contributed by atoms with van der Waals surface area (Å²) in [5.41, 5.74) is 13.8. The average Bonchev–Trinajstić information content (AvgIpc) is 3.66. The summed E-state index contributed by atoms with van der Waals surface area (Å²) in [6.07, 6.45) is 18.8. The molecule has 1 atom stereocenters. The summed E-state index contributed by atoms with van der Waals surface area (Å²) in [5.74, 6) is 0. The van der Waals surface area contributed by atoms with Crippen LogP contribution in [0, 0.1) is 0 Å². The molecule has 2 aliphatic rings. The number of rotatable bonds is 10. The number of aromatic amines is 1. The van der Waals surface area contributed by atoms with Gasteiger partial charge >= 0.3 is 0 Å². The van der Waals surface area contributed by atoms with Crippen molar-refractivity contribution in [2.24, 2.45) is 0 Å². The smallest absolute Gasteiger partial charge is 0.0559 e. The Morgan fingerprint density at radius 1 is 0.431 bits per heavy atom. The van der Waals surface area contributed by atoms with Crippen molar-refractivity contribution in [3.63, 3.8) is 0 Å². The highest BCUT2D eigenvalue weighted by atomic mass is 15.2. The molecule has 0 saturated carbocycles. The SMILES string of the molecule is C1=CCC(N(c2ccc(-c3cccc(N(C4=CCCC=C4)c4ccccc4)c3)cc2)c2ccc3[nH]c4cc(N(c5ccccc5)c5ccccc5)ccc4c3c2)C=C1. The van der Waals surface area contributed by atoms with E-state index in [0.717, 1.165) is 64.4 Å². The Bertz CT molecular complexity index is 2770. The van der Waals surface area contributed by atoms with Crippen LogP contribution in [0.3, 0.4) is 0 Å². The molecule has 0 bridgehead atoms. The first kappa shape index (κ1) is 35.1. The number of H-pyrrole nitrogens is 1. The predicted molar refractivity (Wildman–Crippen MR) is 246 cm³/mol. The van der Waals surface area contributed by atoms with E-state index in [1.165, 1.54) is 33.3 Å². The Morgan fingerprint density at radius 3 is 1.76 bits per heavy atom. The fourth-order valence-electron chi connectivity index (χ4n) is 8.49. The van der Waals surface area contributed by atoms with E-state index in [-0.39, 0.29) is 6.04 Å². The maximum Gasteiger partial charge on any atom is 0.0559 e. The predicted octanol–water partition coefficient (Wildman–Crippen LogP) is 14.9. The highest BCUT2D eigenvalue weighted by molar-refractivity contribution is 6.09. The molecule has 4 heteroatoms. The molecule has 0 saturated heterocycles. The molecule has 0 amide bonds. The summed E-state index contributed by atoms with van der Waals surface area (Å²) in [6, 6.07) is 63.7. The Morgan fingerprint density at radius 2 is 1.09 bits per heavy atom. The minimum atomic E-state index is 0.190. The van der Waals surface area contributed by atoms with E-state index in [1.54, 1.807) is 0 Å². The van der Waals surface area contributed by atoms with Gasteiger partial charge < -0.3 is 19.7 Å². The minimum Gasteiger partial charge on any atom is -0.354 e. The molecule has 0 spiro atoms. The van der Waals surface area contributed by atoms with Crippen LogP contribution in [0.5, 0.6) is 0 Å². The van der Waals surface area contributed by atoms with E-state index in [2.05, 4.69) is 238 Å². The molecule has 280 valence electrons. The molecule has 4 nitrogen and oxygen atoms in total. The van der Waals surface area contributed by atoms with Gasteiger partial charge in [-0.2, -0.15) is 0 Å². The standard InChI is InChI=1S/C54H44N4/c1-6-18-42(19-7-1)56(43-20-8-2-9-21-43)48-28-16-17-41(37-48)40-29-31-47(32-30-40)58(46-26-14-5-15-27-46)49-34-36-53-52(38-49)51-35-33-50(39-54(51)55-53)57(44-22-10-3-11-23-44)45-24-12-4-13-25-45/h1,3-8,10-26,28-39,46,55H,2,9,27H2. The van der Waals surface area contributed by atoms with Gasteiger partial charge in [-0.15, -0.1) is 0 Å². The number of nitrogens with one attached hydrogen (secondary N) is 1. The molecule has 1 heterocycles. The first-order valence-corrected chi connectivity index (χ1v) is 20.3. The number of nitrogens with zero attached hydrogens (tertiary/aromatic N) is 3. The van der Waals surface area contributed by atoms with Crippen molar-refractivity contribution in [2.75, 3.05) is 14.7 Å². The van der Waals surface area contributed by atoms with E-state index in [4.69, 9.17) is 0 Å². The maximum atomic E-state index is 3.75. The monoisotopic (exact) mass is 748 g/mol. The molecule has 0 fully saturated rings. The van der Waals surface area contributed by atoms with Gasteiger partial charge in [-0.3, -0.25) is 0 Å². The number of anilines is 7. The summed E-state index contributed by atoms with van der Waals surface area (Å²) in [6.45, 7) is 0. The van der Waals surface area contributed by atoms with Gasteiger partial charge in [0.2, 0.25) is 0 Å². The summed E-state index contributed by atoms with van der Waals surface area (Å²) in [5, 5.41) is 2.42. The Hall–Kier alpha value is -7.30. The maximum absolute atomic E-state index is 3.75. The van der Waals surface area contributed by atoms with Gasteiger partial charge in [0.05, 0.1) is 6.04 Å². The quantitative estimate of drug-likeness (QED) is 0.151. The normalized spacial score (nSPS) is 14.8. The molecule has 7 aromatic carbocycles. The molecule has 1 aromatic heterocycles. The van der Waals surface area contributed by atoms with Crippen LogP contribution >= 0.6 is 0 Å². The number of benzene rings is 7. The van der Waals surface area contributed by atoms with Gasteiger partial charge in [-0.05, 0) is 127 Å². The number of hydrogen-bond acceptors (Lipinski definition) is 3. The van der Waals surface area contributed by atoms with Crippen LogP contribution in [0.15, 0.2) is 224 Å². The van der Waals surface area contributed by atoms with E-state index in [1.807, 2.05) is 0 Å². The van der Waals surface area contributed by atoms with Gasteiger partial charge in [0.15, 0.2) is 0 Å². The van der Waals surface area contributed by atoms with E-state index >= 15 is 0 Å². The molecular formula is C54H44N4. The van der Waals surface area contributed by atoms with Crippen LogP contribution in [0.2, 0.25) is 0 Å². The van der Waals surface area contributed by atoms with Crippen LogP contribution in [-0.4, -0.2) is 11.0 Å². The van der Waals surface area contributed by atoms with Crippen LogP contribution in [0.4, 0.5) is 39.8 Å². The third-order valence-corrected chi connectivity index (χ3v) is 11.3. The Kier molecular flexibility index (Phi) is 9.50. The van der Waals surface area contributed by atoms with Crippen LogP contribution in [0.1, 0.15) is 19.3 Å². The number of hydrogen-bond donors (Lipinski definition) is 1. The van der Waals surface area contributed by atoms with Crippen molar-refractivity contribution >= 4 is 61.6 Å². The van der Waals surface area contributed by atoms with Gasteiger partial charge in [-0.1, -0.05) is 121 Å². The Balaban J connectivity index is 0.996. The fourth-order valence-corrected chi connectivity index (χ4v) is 8.49. The molecule has 0 aliphatic heterocycles.